The Kier molecular flexibility index (Phi) is 3.20. The van der Waals surface area contributed by atoms with Gasteiger partial charge < -0.3 is 10.7 Å². The fourth-order valence-electron chi connectivity index (χ4n) is 1.19. The minimum atomic E-state index is -0.226. The van der Waals surface area contributed by atoms with Crippen LogP contribution in [0.5, 0.6) is 0 Å². The molecule has 0 aliphatic heterocycles. The topological polar surface area (TPSA) is 109 Å². The zero-order valence-electron chi connectivity index (χ0n) is 8.68. The molecule has 2 rings (SSSR count). The van der Waals surface area contributed by atoms with Crippen molar-refractivity contribution in [2.24, 2.45) is 5.73 Å². The molecule has 0 spiro atoms. The molecule has 17 heavy (non-hydrogen) atoms. The van der Waals surface area contributed by atoms with Crippen LogP contribution in [0.3, 0.4) is 0 Å². The third-order valence-electron chi connectivity index (χ3n) is 1.93. The summed E-state index contributed by atoms with van der Waals surface area (Å²) in [5, 5.41) is 7.87. The summed E-state index contributed by atoms with van der Waals surface area (Å²) in [5.41, 5.74) is 5.79. The van der Waals surface area contributed by atoms with Crippen LogP contribution >= 0.6 is 11.8 Å². The van der Waals surface area contributed by atoms with E-state index in [1.807, 2.05) is 0 Å². The summed E-state index contributed by atoms with van der Waals surface area (Å²) in [5.74, 6) is -0.0480. The van der Waals surface area contributed by atoms with Crippen LogP contribution in [0.25, 0.3) is 0 Å². The standard InChI is InChI=1S/C10H9N5OS/c11-9(12)6-1-3-13-5-7(6)17-10-14-4-2-8(16)15-10/h1-5H,(H3,11,12)(H,14,15,16). The number of aromatic nitrogens is 3. The molecule has 0 aliphatic rings. The van der Waals surface area contributed by atoms with Gasteiger partial charge in [-0.05, 0) is 17.8 Å². The van der Waals surface area contributed by atoms with Crippen molar-refractivity contribution in [3.05, 3.63) is 46.6 Å². The van der Waals surface area contributed by atoms with Crippen molar-refractivity contribution in [1.82, 2.24) is 15.0 Å². The zero-order chi connectivity index (χ0) is 12.3. The summed E-state index contributed by atoms with van der Waals surface area (Å²) in [6, 6.07) is 2.98. The van der Waals surface area contributed by atoms with Gasteiger partial charge in [0.15, 0.2) is 5.16 Å². The van der Waals surface area contributed by atoms with E-state index < -0.39 is 0 Å². The van der Waals surface area contributed by atoms with E-state index in [0.29, 0.717) is 15.6 Å². The molecular formula is C10H9N5OS. The molecule has 0 unspecified atom stereocenters. The van der Waals surface area contributed by atoms with Gasteiger partial charge >= 0.3 is 0 Å². The molecule has 0 aliphatic carbocycles. The number of nitrogens with zero attached hydrogens (tertiary/aromatic N) is 2. The second-order valence-electron chi connectivity index (χ2n) is 3.13. The highest BCUT2D eigenvalue weighted by Crippen LogP contribution is 2.25. The van der Waals surface area contributed by atoms with E-state index in [1.165, 1.54) is 24.0 Å². The van der Waals surface area contributed by atoms with Gasteiger partial charge in [0.25, 0.3) is 5.56 Å². The molecule has 0 saturated heterocycles. The van der Waals surface area contributed by atoms with Gasteiger partial charge in [-0.2, -0.15) is 0 Å². The van der Waals surface area contributed by atoms with E-state index >= 15 is 0 Å². The van der Waals surface area contributed by atoms with Crippen LogP contribution in [0.15, 0.2) is 45.6 Å². The third kappa shape index (κ3) is 2.70. The Morgan fingerprint density at radius 1 is 1.41 bits per heavy atom. The summed E-state index contributed by atoms with van der Waals surface area (Å²) < 4.78 is 0. The van der Waals surface area contributed by atoms with Crippen molar-refractivity contribution in [2.45, 2.75) is 10.1 Å². The van der Waals surface area contributed by atoms with Crippen LogP contribution in [-0.2, 0) is 0 Å². The first-order valence-electron chi connectivity index (χ1n) is 4.68. The number of nitrogen functional groups attached to an aromatic ring is 1. The Morgan fingerprint density at radius 3 is 2.94 bits per heavy atom. The van der Waals surface area contributed by atoms with Gasteiger partial charge in [-0.25, -0.2) is 4.98 Å². The molecule has 0 fully saturated rings. The summed E-state index contributed by atoms with van der Waals surface area (Å²) in [7, 11) is 0. The normalized spacial score (nSPS) is 10.1. The van der Waals surface area contributed by atoms with Crippen molar-refractivity contribution in [2.75, 3.05) is 0 Å². The van der Waals surface area contributed by atoms with Crippen molar-refractivity contribution in [1.29, 1.82) is 5.41 Å². The van der Waals surface area contributed by atoms with E-state index in [-0.39, 0.29) is 11.4 Å². The maximum Gasteiger partial charge on any atom is 0.251 e. The number of pyridine rings is 1. The van der Waals surface area contributed by atoms with Crippen LogP contribution < -0.4 is 11.3 Å². The quantitative estimate of drug-likeness (QED) is 0.418. The van der Waals surface area contributed by atoms with Gasteiger partial charge in [-0.1, -0.05) is 0 Å². The van der Waals surface area contributed by atoms with Gasteiger partial charge in [0, 0.05) is 35.1 Å². The first-order valence-corrected chi connectivity index (χ1v) is 5.50. The van der Waals surface area contributed by atoms with E-state index in [0.717, 1.165) is 0 Å². The minimum Gasteiger partial charge on any atom is -0.384 e. The van der Waals surface area contributed by atoms with Gasteiger partial charge in [0.1, 0.15) is 5.84 Å². The lowest BCUT2D eigenvalue weighted by atomic mass is 10.2. The summed E-state index contributed by atoms with van der Waals surface area (Å²) in [6.45, 7) is 0. The van der Waals surface area contributed by atoms with Crippen LogP contribution in [-0.4, -0.2) is 20.8 Å². The first-order chi connectivity index (χ1) is 8.16. The maximum absolute atomic E-state index is 11.1. The second-order valence-corrected chi connectivity index (χ2v) is 4.16. The lowest BCUT2D eigenvalue weighted by Gasteiger charge is -2.05. The van der Waals surface area contributed by atoms with Crippen LogP contribution in [0.2, 0.25) is 0 Å². The van der Waals surface area contributed by atoms with Crippen molar-refractivity contribution in [3.8, 4) is 0 Å². The van der Waals surface area contributed by atoms with Gasteiger partial charge in [-0.3, -0.25) is 15.2 Å². The molecule has 86 valence electrons. The van der Waals surface area contributed by atoms with Crippen LogP contribution in [0.4, 0.5) is 0 Å². The number of H-pyrrole nitrogens is 1. The summed E-state index contributed by atoms with van der Waals surface area (Å²) >= 11 is 1.21. The molecule has 2 aromatic rings. The highest BCUT2D eigenvalue weighted by molar-refractivity contribution is 7.99. The number of nitrogens with two attached hydrogens (primary N) is 1. The monoisotopic (exact) mass is 247 g/mol. The Bertz CT molecular complexity index is 609. The van der Waals surface area contributed by atoms with E-state index in [9.17, 15) is 4.79 Å². The predicted molar refractivity (Wildman–Crippen MR) is 64.2 cm³/mol. The highest BCUT2D eigenvalue weighted by atomic mass is 32.2. The van der Waals surface area contributed by atoms with Crippen LogP contribution in [0, 0.1) is 5.41 Å². The average Bonchev–Trinajstić information content (AvgIpc) is 2.29. The van der Waals surface area contributed by atoms with E-state index in [4.69, 9.17) is 11.1 Å². The number of aromatic amines is 1. The number of amidine groups is 1. The predicted octanol–water partition coefficient (Wildman–Crippen LogP) is 0.600. The SMILES string of the molecule is N=C(N)c1ccncc1Sc1nccc(=O)[nH]1. The number of hydrogen-bond donors (Lipinski definition) is 3. The van der Waals surface area contributed by atoms with Gasteiger partial charge in [-0.15, -0.1) is 0 Å². The zero-order valence-corrected chi connectivity index (χ0v) is 9.49. The third-order valence-corrected chi connectivity index (χ3v) is 2.88. The molecule has 0 aromatic carbocycles. The molecule has 0 radical (unpaired) electrons. The smallest absolute Gasteiger partial charge is 0.251 e. The summed E-state index contributed by atoms with van der Waals surface area (Å²) in [4.78, 5) is 22.3. The molecule has 6 nitrogen and oxygen atoms in total. The van der Waals surface area contributed by atoms with Gasteiger partial charge in [0.05, 0.1) is 0 Å². The largest absolute Gasteiger partial charge is 0.384 e. The number of rotatable bonds is 3. The molecule has 7 heteroatoms. The van der Waals surface area contributed by atoms with Crippen molar-refractivity contribution >= 4 is 17.6 Å². The molecule has 2 aromatic heterocycles. The fourth-order valence-corrected chi connectivity index (χ4v) is 2.07. The Morgan fingerprint density at radius 2 is 2.24 bits per heavy atom. The average molecular weight is 247 g/mol. The molecular weight excluding hydrogens is 238 g/mol. The molecule has 2 heterocycles. The van der Waals surface area contributed by atoms with Crippen molar-refractivity contribution < 1.29 is 0 Å². The lowest BCUT2D eigenvalue weighted by molar-refractivity contribution is 0.935. The minimum absolute atomic E-state index is 0.0480. The molecule has 0 atom stereocenters. The Balaban J connectivity index is 2.36. The Labute approximate surface area is 101 Å². The molecule has 0 amide bonds. The molecule has 4 N–H and O–H groups in total. The Hall–Kier alpha value is -2.15. The van der Waals surface area contributed by atoms with Crippen LogP contribution in [0.1, 0.15) is 5.56 Å². The van der Waals surface area contributed by atoms with E-state index in [2.05, 4.69) is 15.0 Å². The molecule has 0 bridgehead atoms. The fraction of sp³-hybridized carbons (Fsp3) is 0. The second kappa shape index (κ2) is 4.79. The molecule has 0 saturated carbocycles. The number of hydrogen-bond acceptors (Lipinski definition) is 5. The first kappa shape index (κ1) is 11.3. The number of nitrogens with one attached hydrogen (secondary N) is 2. The van der Waals surface area contributed by atoms with E-state index in [1.54, 1.807) is 18.5 Å². The lowest BCUT2D eigenvalue weighted by Crippen LogP contribution is -2.12. The highest BCUT2D eigenvalue weighted by Gasteiger charge is 2.07. The van der Waals surface area contributed by atoms with Gasteiger partial charge in [0.2, 0.25) is 0 Å². The van der Waals surface area contributed by atoms with Crippen molar-refractivity contribution in [3.63, 3.8) is 0 Å². The summed E-state index contributed by atoms with van der Waals surface area (Å²) in [6.07, 6.45) is 4.56. The maximum atomic E-state index is 11.1.